The van der Waals surface area contributed by atoms with Crippen LogP contribution in [-0.2, 0) is 4.79 Å². The van der Waals surface area contributed by atoms with Crippen molar-refractivity contribution in [3.8, 4) is 5.75 Å². The highest BCUT2D eigenvalue weighted by Crippen LogP contribution is 2.35. The molecule has 1 aliphatic rings. The van der Waals surface area contributed by atoms with Crippen LogP contribution < -0.4 is 20.3 Å². The smallest absolute Gasteiger partial charge is 0.260 e. The summed E-state index contributed by atoms with van der Waals surface area (Å²) in [5.41, 5.74) is 2.45. The van der Waals surface area contributed by atoms with Crippen LogP contribution in [0.1, 0.15) is 5.56 Å². The predicted octanol–water partition coefficient (Wildman–Crippen LogP) is 4.78. The molecule has 2 N–H and O–H groups in total. The number of rotatable bonds is 5. The Morgan fingerprint density at radius 3 is 2.74 bits per heavy atom. The summed E-state index contributed by atoms with van der Waals surface area (Å²) in [6, 6.07) is 11.3. The van der Waals surface area contributed by atoms with E-state index in [1.54, 1.807) is 25.3 Å². The number of hydrogen-bond donors (Lipinski definition) is 2. The summed E-state index contributed by atoms with van der Waals surface area (Å²) >= 11 is 11.1. The molecular formula is C19H19BrClN3O2S. The van der Waals surface area contributed by atoms with Gasteiger partial charge < -0.3 is 20.3 Å². The number of anilines is 2. The molecule has 0 radical (unpaired) electrons. The number of hydrogen-bond acceptors (Lipinski definition) is 5. The molecule has 1 saturated heterocycles. The second kappa shape index (κ2) is 8.46. The lowest BCUT2D eigenvalue weighted by Crippen LogP contribution is -2.31. The van der Waals surface area contributed by atoms with E-state index in [9.17, 15) is 4.79 Å². The first-order valence-corrected chi connectivity index (χ1v) is 10.2. The SMILES string of the molecule is COc1ccc(Cl)cc1NC1NC(=O)/C(=C/c2ccc(N(C)C)c(Br)c2)S1. The predicted molar refractivity (Wildman–Crippen MR) is 118 cm³/mol. The van der Waals surface area contributed by atoms with Crippen LogP contribution in [-0.4, -0.2) is 32.6 Å². The van der Waals surface area contributed by atoms with Gasteiger partial charge in [0.1, 0.15) is 5.75 Å². The highest BCUT2D eigenvalue weighted by Gasteiger charge is 2.27. The third-order valence-corrected chi connectivity index (χ3v) is 5.83. The minimum absolute atomic E-state index is 0.119. The monoisotopic (exact) mass is 467 g/mol. The molecule has 1 aliphatic heterocycles. The van der Waals surface area contributed by atoms with Gasteiger partial charge in [-0.3, -0.25) is 4.79 Å². The molecule has 3 rings (SSSR count). The molecule has 0 bridgehead atoms. The number of benzene rings is 2. The quantitative estimate of drug-likeness (QED) is 0.619. The first-order valence-electron chi connectivity index (χ1n) is 8.13. The molecule has 8 heteroatoms. The van der Waals surface area contributed by atoms with Gasteiger partial charge in [0, 0.05) is 23.6 Å². The van der Waals surface area contributed by atoms with Crippen molar-refractivity contribution in [1.82, 2.24) is 5.32 Å². The Labute approximate surface area is 176 Å². The summed E-state index contributed by atoms with van der Waals surface area (Å²) in [6.45, 7) is 0. The lowest BCUT2D eigenvalue weighted by Gasteiger charge is -2.16. The standard InChI is InChI=1S/C19H19BrClN3O2S/c1-24(2)15-6-4-11(8-13(15)20)9-17-18(25)23-19(27-17)22-14-10-12(21)5-7-16(14)26-3/h4-10,19,22H,1-3H3,(H,23,25)/b17-9-. The second-order valence-corrected chi connectivity index (χ2v) is 8.51. The van der Waals surface area contributed by atoms with Crippen LogP contribution >= 0.6 is 39.3 Å². The molecule has 0 aromatic heterocycles. The fourth-order valence-corrected chi connectivity index (χ4v) is 4.53. The molecule has 1 unspecified atom stereocenters. The molecule has 0 spiro atoms. The summed E-state index contributed by atoms with van der Waals surface area (Å²) in [4.78, 5) is 15.0. The third-order valence-electron chi connectivity index (χ3n) is 3.93. The van der Waals surface area contributed by atoms with Gasteiger partial charge in [0.15, 0.2) is 5.50 Å². The van der Waals surface area contributed by atoms with Gasteiger partial charge in [-0.25, -0.2) is 0 Å². The number of carbonyl (C=O) groups is 1. The Kier molecular flexibility index (Phi) is 6.24. The van der Waals surface area contributed by atoms with Gasteiger partial charge in [-0.1, -0.05) is 29.4 Å². The molecule has 1 atom stereocenters. The van der Waals surface area contributed by atoms with Crippen molar-refractivity contribution in [3.63, 3.8) is 0 Å². The fraction of sp³-hybridized carbons (Fsp3) is 0.211. The summed E-state index contributed by atoms with van der Waals surface area (Å²) in [7, 11) is 5.56. The zero-order valence-corrected chi connectivity index (χ0v) is 18.2. The topological polar surface area (TPSA) is 53.6 Å². The molecule has 1 amide bonds. The molecule has 142 valence electrons. The van der Waals surface area contributed by atoms with Crippen molar-refractivity contribution in [2.45, 2.75) is 5.50 Å². The normalized spacial score (nSPS) is 17.7. The largest absolute Gasteiger partial charge is 0.495 e. The van der Waals surface area contributed by atoms with Crippen LogP contribution in [0.5, 0.6) is 5.75 Å². The molecule has 2 aromatic rings. The third kappa shape index (κ3) is 4.72. The number of methoxy groups -OCH3 is 1. The highest BCUT2D eigenvalue weighted by molar-refractivity contribution is 9.10. The van der Waals surface area contributed by atoms with Gasteiger partial charge in [0.05, 0.1) is 23.4 Å². The van der Waals surface area contributed by atoms with Crippen molar-refractivity contribution in [2.24, 2.45) is 0 Å². The van der Waals surface area contributed by atoms with E-state index in [4.69, 9.17) is 16.3 Å². The van der Waals surface area contributed by atoms with E-state index in [1.807, 2.05) is 43.3 Å². The van der Waals surface area contributed by atoms with Gasteiger partial charge in [-0.15, -0.1) is 0 Å². The summed E-state index contributed by atoms with van der Waals surface area (Å²) in [6.07, 6.45) is 1.88. The molecule has 27 heavy (non-hydrogen) atoms. The van der Waals surface area contributed by atoms with Gasteiger partial charge in [0.2, 0.25) is 0 Å². The van der Waals surface area contributed by atoms with Gasteiger partial charge in [0.25, 0.3) is 5.91 Å². The average Bonchev–Trinajstić information content (AvgIpc) is 2.94. The van der Waals surface area contributed by atoms with E-state index in [-0.39, 0.29) is 11.4 Å². The number of thioether (sulfide) groups is 1. The molecule has 0 saturated carbocycles. The molecule has 0 aliphatic carbocycles. The van der Waals surface area contributed by atoms with E-state index in [0.29, 0.717) is 15.7 Å². The van der Waals surface area contributed by atoms with Gasteiger partial charge in [-0.2, -0.15) is 0 Å². The number of nitrogens with one attached hydrogen (secondary N) is 2. The van der Waals surface area contributed by atoms with Crippen molar-refractivity contribution >= 4 is 62.7 Å². The van der Waals surface area contributed by atoms with Gasteiger partial charge >= 0.3 is 0 Å². The van der Waals surface area contributed by atoms with E-state index in [2.05, 4.69) is 26.6 Å². The molecule has 1 fully saturated rings. The Hall–Kier alpha value is -1.83. The maximum Gasteiger partial charge on any atom is 0.260 e. The second-order valence-electron chi connectivity index (χ2n) is 6.07. The Bertz CT molecular complexity index is 905. The van der Waals surface area contributed by atoms with E-state index in [1.165, 1.54) is 11.8 Å². The number of carbonyl (C=O) groups excluding carboxylic acids is 1. The minimum Gasteiger partial charge on any atom is -0.495 e. The van der Waals surface area contributed by atoms with Crippen LogP contribution in [0, 0.1) is 0 Å². The molecule has 5 nitrogen and oxygen atoms in total. The molecule has 2 aromatic carbocycles. The number of amides is 1. The zero-order valence-electron chi connectivity index (χ0n) is 15.0. The van der Waals surface area contributed by atoms with Crippen molar-refractivity contribution in [3.05, 3.63) is 56.4 Å². The Morgan fingerprint density at radius 2 is 2.07 bits per heavy atom. The Morgan fingerprint density at radius 1 is 1.30 bits per heavy atom. The van der Waals surface area contributed by atoms with Crippen LogP contribution in [0.2, 0.25) is 5.02 Å². The lowest BCUT2D eigenvalue weighted by molar-refractivity contribution is -0.116. The van der Waals surface area contributed by atoms with Crippen LogP contribution in [0.4, 0.5) is 11.4 Å². The number of nitrogens with zero attached hydrogens (tertiary/aromatic N) is 1. The van der Waals surface area contributed by atoms with Crippen molar-refractivity contribution < 1.29 is 9.53 Å². The summed E-state index contributed by atoms with van der Waals surface area (Å²) < 4.78 is 6.31. The number of ether oxygens (including phenoxy) is 1. The van der Waals surface area contributed by atoms with Crippen molar-refractivity contribution in [2.75, 3.05) is 31.4 Å². The average molecular weight is 469 g/mol. The zero-order chi connectivity index (χ0) is 19.6. The summed E-state index contributed by atoms with van der Waals surface area (Å²) in [5, 5.41) is 6.75. The van der Waals surface area contributed by atoms with E-state index < -0.39 is 0 Å². The maximum absolute atomic E-state index is 12.3. The summed E-state index contributed by atoms with van der Waals surface area (Å²) in [5.74, 6) is 0.543. The minimum atomic E-state index is -0.305. The maximum atomic E-state index is 12.3. The molecular weight excluding hydrogens is 450 g/mol. The van der Waals surface area contributed by atoms with Crippen LogP contribution in [0.3, 0.4) is 0 Å². The molecule has 1 heterocycles. The van der Waals surface area contributed by atoms with Crippen LogP contribution in [0.25, 0.3) is 6.08 Å². The lowest BCUT2D eigenvalue weighted by atomic mass is 10.2. The first kappa shape index (κ1) is 19.9. The fourth-order valence-electron chi connectivity index (χ4n) is 2.63. The van der Waals surface area contributed by atoms with Crippen molar-refractivity contribution in [1.29, 1.82) is 0 Å². The number of halogens is 2. The highest BCUT2D eigenvalue weighted by atomic mass is 79.9. The first-order chi connectivity index (χ1) is 12.9. The van der Waals surface area contributed by atoms with Gasteiger partial charge in [-0.05, 0) is 57.9 Å². The Balaban J connectivity index is 1.77. The van der Waals surface area contributed by atoms with E-state index >= 15 is 0 Å². The van der Waals surface area contributed by atoms with Crippen LogP contribution in [0.15, 0.2) is 45.8 Å². The van der Waals surface area contributed by atoms with E-state index in [0.717, 1.165) is 21.4 Å².